The molecule has 3 N–H and O–H groups in total. The Balaban J connectivity index is 0.736. The minimum Gasteiger partial charge on any atom is -0.367 e. The first-order valence-corrected chi connectivity index (χ1v) is 22.2. The number of fused-ring (bicyclic) bond motifs is 1. The third-order valence-corrected chi connectivity index (χ3v) is 13.4. The fraction of sp³-hybridized carbons (Fsp3) is 0.404. The van der Waals surface area contributed by atoms with Crippen molar-refractivity contribution < 1.29 is 41.5 Å². The van der Waals surface area contributed by atoms with Crippen molar-refractivity contribution in [3.63, 3.8) is 0 Å². The van der Waals surface area contributed by atoms with Gasteiger partial charge >= 0.3 is 6.18 Å². The normalized spacial score (nSPS) is 19.0. The minimum atomic E-state index is -4.54. The molecule has 0 aliphatic carbocycles. The lowest BCUT2D eigenvalue weighted by Gasteiger charge is -2.43. The van der Waals surface area contributed by atoms with E-state index >= 15 is 4.39 Å². The summed E-state index contributed by atoms with van der Waals surface area (Å²) in [6, 6.07) is 16.3. The number of piperazine rings is 1. The number of rotatable bonds is 11. The van der Waals surface area contributed by atoms with Crippen molar-refractivity contribution in [1.29, 1.82) is 0 Å². The SMILES string of the molecule is Cc1cc(-c2ccc(CN3CCC(N4CCN(c5cc6c(cc5F)C(=O)N(C5CCC(=O)NC5=O)C6=O)CC4)CC3)cc2)ccc1-n1cc(C(=O)NCc2nc(C(C)(C)C(F)(F)F)n[nH]2)cn1. The number of halogens is 4. The van der Waals surface area contributed by atoms with E-state index in [1.54, 1.807) is 10.9 Å². The van der Waals surface area contributed by atoms with Crippen LogP contribution in [0.25, 0.3) is 16.8 Å². The number of benzene rings is 3. The molecule has 4 aliphatic rings. The summed E-state index contributed by atoms with van der Waals surface area (Å²) < 4.78 is 57.3. The molecule has 350 valence electrons. The Hall–Kier alpha value is -6.80. The second-order valence-corrected chi connectivity index (χ2v) is 18.1. The first-order chi connectivity index (χ1) is 31.9. The maximum absolute atomic E-state index is 15.5. The van der Waals surface area contributed by atoms with Crippen LogP contribution in [0.5, 0.6) is 0 Å². The van der Waals surface area contributed by atoms with Gasteiger partial charge in [-0.05, 0) is 99.6 Å². The molecular formula is C47H49F4N11O5. The number of hydrogen-bond donors (Lipinski definition) is 3. The van der Waals surface area contributed by atoms with E-state index in [-0.39, 0.29) is 47.6 Å². The van der Waals surface area contributed by atoms with E-state index in [0.29, 0.717) is 19.1 Å². The highest BCUT2D eigenvalue weighted by Crippen LogP contribution is 2.39. The lowest BCUT2D eigenvalue weighted by Crippen LogP contribution is -2.54. The maximum Gasteiger partial charge on any atom is 0.401 e. The number of alkyl halides is 3. The molecule has 1 unspecified atom stereocenters. The lowest BCUT2D eigenvalue weighted by molar-refractivity contribution is -0.182. The van der Waals surface area contributed by atoms with Crippen molar-refractivity contribution in [1.82, 2.24) is 50.3 Å². The molecule has 3 saturated heterocycles. The molecule has 3 fully saturated rings. The topological polar surface area (TPSA) is 182 Å². The van der Waals surface area contributed by atoms with Gasteiger partial charge in [0.1, 0.15) is 23.1 Å². The van der Waals surface area contributed by atoms with Crippen LogP contribution in [0.3, 0.4) is 0 Å². The van der Waals surface area contributed by atoms with Crippen molar-refractivity contribution in [3.8, 4) is 16.8 Å². The summed E-state index contributed by atoms with van der Waals surface area (Å²) in [5, 5.41) is 15.4. The van der Waals surface area contributed by atoms with E-state index in [0.717, 1.165) is 92.8 Å². The minimum absolute atomic E-state index is 0.00745. The standard InChI is InChI=1S/C47H49F4N11O5/c1-27-20-30(8-9-36(27)61-26-31(23-53-61)41(64)52-24-39-54-45(57-56-39)46(2,3)47(49,50)51)29-6-4-28(5-7-29)25-58-14-12-32(13-15-58)59-16-18-60(19-17-59)38-22-34-33(21-35(38)48)43(66)62(44(34)67)37-10-11-40(63)55-42(37)65/h4-9,20-23,26,32,37H,10-19,24-25H2,1-3H3,(H,52,64)(H,54,56,57)(H,55,63,65). The second kappa shape index (κ2) is 17.8. The molecule has 5 aromatic rings. The highest BCUT2D eigenvalue weighted by molar-refractivity contribution is 6.23. The summed E-state index contributed by atoms with van der Waals surface area (Å²) in [6.07, 6.45) is 0.516. The molecule has 9 rings (SSSR count). The van der Waals surface area contributed by atoms with Gasteiger partial charge in [0, 0.05) is 51.4 Å². The van der Waals surface area contributed by atoms with Gasteiger partial charge in [-0.15, -0.1) is 0 Å². The van der Waals surface area contributed by atoms with Crippen molar-refractivity contribution in [2.24, 2.45) is 0 Å². The first-order valence-electron chi connectivity index (χ1n) is 22.2. The summed E-state index contributed by atoms with van der Waals surface area (Å²) in [6.45, 7) is 9.08. The van der Waals surface area contributed by atoms with Gasteiger partial charge in [0.05, 0.1) is 40.8 Å². The second-order valence-electron chi connectivity index (χ2n) is 18.1. The number of aromatic amines is 1. The zero-order valence-corrected chi connectivity index (χ0v) is 37.1. The quantitative estimate of drug-likeness (QED) is 0.119. The van der Waals surface area contributed by atoms with Gasteiger partial charge < -0.3 is 10.2 Å². The number of anilines is 1. The maximum atomic E-state index is 15.5. The fourth-order valence-electron chi connectivity index (χ4n) is 9.26. The molecule has 6 heterocycles. The van der Waals surface area contributed by atoms with E-state index in [4.69, 9.17) is 0 Å². The number of carbonyl (C=O) groups excluding carboxylic acids is 5. The van der Waals surface area contributed by atoms with Crippen LogP contribution in [-0.2, 0) is 28.1 Å². The van der Waals surface area contributed by atoms with E-state index in [2.05, 4.69) is 71.0 Å². The number of carbonyl (C=O) groups is 5. The van der Waals surface area contributed by atoms with Crippen LogP contribution < -0.4 is 15.5 Å². The average molecular weight is 924 g/mol. The molecule has 3 aromatic carbocycles. The number of nitrogens with one attached hydrogen (secondary N) is 3. The molecule has 2 aromatic heterocycles. The van der Waals surface area contributed by atoms with Gasteiger partial charge in [-0.2, -0.15) is 23.4 Å². The van der Waals surface area contributed by atoms with E-state index in [9.17, 15) is 37.1 Å². The van der Waals surface area contributed by atoms with Gasteiger partial charge in [-0.1, -0.05) is 30.3 Å². The number of aromatic nitrogens is 5. The third-order valence-electron chi connectivity index (χ3n) is 13.4. The Kier molecular flexibility index (Phi) is 12.0. The Morgan fingerprint density at radius 1 is 0.851 bits per heavy atom. The predicted octanol–water partition coefficient (Wildman–Crippen LogP) is 5.06. The van der Waals surface area contributed by atoms with Crippen LogP contribution in [0.15, 0.2) is 67.0 Å². The van der Waals surface area contributed by atoms with Crippen molar-refractivity contribution >= 4 is 35.2 Å². The van der Waals surface area contributed by atoms with Crippen LogP contribution >= 0.6 is 0 Å². The number of nitrogens with zero attached hydrogens (tertiary/aromatic N) is 8. The van der Waals surface area contributed by atoms with Gasteiger partial charge in [0.2, 0.25) is 11.8 Å². The van der Waals surface area contributed by atoms with E-state index in [1.807, 2.05) is 24.0 Å². The lowest BCUT2D eigenvalue weighted by atomic mass is 9.92. The van der Waals surface area contributed by atoms with Crippen LogP contribution in [0, 0.1) is 12.7 Å². The number of imide groups is 2. The third kappa shape index (κ3) is 8.94. The predicted molar refractivity (Wildman–Crippen MR) is 236 cm³/mol. The number of likely N-dealkylation sites (tertiary alicyclic amines) is 1. The summed E-state index contributed by atoms with van der Waals surface area (Å²) in [5.74, 6) is -3.93. The summed E-state index contributed by atoms with van der Waals surface area (Å²) >= 11 is 0. The zero-order chi connectivity index (χ0) is 47.4. The van der Waals surface area contributed by atoms with Gasteiger partial charge in [-0.25, -0.2) is 14.1 Å². The largest absolute Gasteiger partial charge is 0.401 e. The number of piperidine rings is 2. The Bertz CT molecular complexity index is 2750. The monoisotopic (exact) mass is 923 g/mol. The van der Waals surface area contributed by atoms with Crippen molar-refractivity contribution in [2.75, 3.05) is 44.2 Å². The van der Waals surface area contributed by atoms with Crippen LogP contribution in [-0.4, -0.2) is 127 Å². The summed E-state index contributed by atoms with van der Waals surface area (Å²) in [5.41, 5.74) is 3.28. The molecule has 4 aliphatic heterocycles. The highest BCUT2D eigenvalue weighted by Gasteiger charge is 2.51. The Morgan fingerprint density at radius 3 is 2.21 bits per heavy atom. The van der Waals surface area contributed by atoms with E-state index in [1.165, 1.54) is 17.8 Å². The van der Waals surface area contributed by atoms with Gasteiger partial charge in [0.15, 0.2) is 5.82 Å². The summed E-state index contributed by atoms with van der Waals surface area (Å²) in [7, 11) is 0. The van der Waals surface area contributed by atoms with Crippen molar-refractivity contribution in [3.05, 3.63) is 112 Å². The number of hydrogen-bond acceptors (Lipinski definition) is 11. The summed E-state index contributed by atoms with van der Waals surface area (Å²) in [4.78, 5) is 75.1. The molecular weight excluding hydrogens is 875 g/mol. The molecule has 20 heteroatoms. The number of amides is 5. The first kappa shape index (κ1) is 45.4. The average Bonchev–Trinajstić information content (AvgIpc) is 4.05. The number of aryl methyl sites for hydroxylation is 1. The molecule has 0 radical (unpaired) electrons. The van der Waals surface area contributed by atoms with E-state index < -0.39 is 58.8 Å². The Morgan fingerprint density at radius 2 is 1.54 bits per heavy atom. The molecule has 0 bridgehead atoms. The molecule has 1 atom stereocenters. The molecule has 0 saturated carbocycles. The smallest absolute Gasteiger partial charge is 0.367 e. The highest BCUT2D eigenvalue weighted by atomic mass is 19.4. The van der Waals surface area contributed by atoms with Gasteiger partial charge in [-0.3, -0.25) is 49.1 Å². The fourth-order valence-corrected chi connectivity index (χ4v) is 9.26. The zero-order valence-electron chi connectivity index (χ0n) is 37.1. The Labute approximate surface area is 382 Å². The van der Waals surface area contributed by atoms with Crippen LogP contribution in [0.4, 0.5) is 23.2 Å². The number of H-pyrrole nitrogens is 1. The van der Waals surface area contributed by atoms with Crippen molar-refractivity contribution in [2.45, 2.75) is 83.2 Å². The molecule has 16 nitrogen and oxygen atoms in total. The molecule has 67 heavy (non-hydrogen) atoms. The molecule has 0 spiro atoms. The van der Waals surface area contributed by atoms with Crippen LogP contribution in [0.2, 0.25) is 0 Å². The molecule has 5 amide bonds. The van der Waals surface area contributed by atoms with Gasteiger partial charge in [0.25, 0.3) is 17.7 Å². The van der Waals surface area contributed by atoms with Crippen LogP contribution in [0.1, 0.15) is 93.4 Å².